The molecule has 8 nitrogen and oxygen atoms in total. The summed E-state index contributed by atoms with van der Waals surface area (Å²) in [7, 11) is 0. The highest BCUT2D eigenvalue weighted by Gasteiger charge is 2.10. The monoisotopic (exact) mass is 448 g/mol. The van der Waals surface area contributed by atoms with Crippen LogP contribution >= 0.6 is 0 Å². The van der Waals surface area contributed by atoms with Crippen LogP contribution in [0, 0.1) is 0 Å². The molecule has 0 aliphatic heterocycles. The Morgan fingerprint density at radius 1 is 0.818 bits per heavy atom. The number of nitrogens with zero attached hydrogens (tertiary/aromatic N) is 2. The average molecular weight is 448 g/mol. The summed E-state index contributed by atoms with van der Waals surface area (Å²) in [6, 6.07) is 14.4. The van der Waals surface area contributed by atoms with Crippen LogP contribution in [-0.2, 0) is 0 Å². The maximum absolute atomic E-state index is 11.4. The van der Waals surface area contributed by atoms with Crippen molar-refractivity contribution in [1.82, 2.24) is 0 Å². The quantitative estimate of drug-likeness (QED) is 0.392. The van der Waals surface area contributed by atoms with Gasteiger partial charge in [0.05, 0.1) is 30.2 Å². The van der Waals surface area contributed by atoms with Gasteiger partial charge in [0.1, 0.15) is 0 Å². The molecule has 0 bridgehead atoms. The fraction of sp³-hybridized carbons (Fsp3) is 0.160. The van der Waals surface area contributed by atoms with Gasteiger partial charge in [0.25, 0.3) is 0 Å². The van der Waals surface area contributed by atoms with Crippen molar-refractivity contribution in [2.45, 2.75) is 13.8 Å². The third-order valence-corrected chi connectivity index (χ3v) is 4.57. The van der Waals surface area contributed by atoms with E-state index >= 15 is 0 Å². The van der Waals surface area contributed by atoms with Crippen molar-refractivity contribution in [1.29, 1.82) is 0 Å². The van der Waals surface area contributed by atoms with E-state index in [-0.39, 0.29) is 22.7 Å². The lowest BCUT2D eigenvalue weighted by molar-refractivity contribution is 0.0697. The topological polar surface area (TPSA) is 121 Å². The van der Waals surface area contributed by atoms with Gasteiger partial charge in [-0.1, -0.05) is 12.1 Å². The second-order valence-electron chi connectivity index (χ2n) is 6.78. The number of benzene rings is 3. The number of phenolic OH excluding ortho intramolecular Hbond substituents is 2. The molecular formula is C25H24N2O6. The molecule has 3 aromatic carbocycles. The number of hydrogen-bond acceptors (Lipinski definition) is 7. The van der Waals surface area contributed by atoms with Gasteiger partial charge in [-0.05, 0) is 56.3 Å². The van der Waals surface area contributed by atoms with Crippen molar-refractivity contribution in [3.05, 3.63) is 71.3 Å². The number of aromatic hydroxyl groups is 2. The molecule has 0 aliphatic carbocycles. The predicted octanol–water partition coefficient (Wildman–Crippen LogP) is 5.09. The highest BCUT2D eigenvalue weighted by molar-refractivity contribution is 5.94. The number of ether oxygens (including phenoxy) is 2. The van der Waals surface area contributed by atoms with Crippen molar-refractivity contribution in [3.8, 4) is 23.0 Å². The van der Waals surface area contributed by atoms with Gasteiger partial charge >= 0.3 is 5.97 Å². The summed E-state index contributed by atoms with van der Waals surface area (Å²) in [5.41, 5.74) is 1.51. The first-order valence-electron chi connectivity index (χ1n) is 10.3. The lowest BCUT2D eigenvalue weighted by Gasteiger charge is -2.08. The summed E-state index contributed by atoms with van der Waals surface area (Å²) in [4.78, 5) is 20.2. The molecule has 3 N–H and O–H groups in total. The van der Waals surface area contributed by atoms with Crippen molar-refractivity contribution in [2.24, 2.45) is 9.98 Å². The first kappa shape index (κ1) is 23.3. The Bertz CT molecular complexity index is 1200. The van der Waals surface area contributed by atoms with E-state index in [4.69, 9.17) is 9.47 Å². The molecule has 0 heterocycles. The normalized spacial score (nSPS) is 11.2. The molecule has 0 unspecified atom stereocenters. The Morgan fingerprint density at radius 2 is 1.33 bits per heavy atom. The van der Waals surface area contributed by atoms with Crippen LogP contribution in [0.2, 0.25) is 0 Å². The van der Waals surface area contributed by atoms with Crippen molar-refractivity contribution in [2.75, 3.05) is 13.2 Å². The van der Waals surface area contributed by atoms with E-state index in [1.165, 1.54) is 30.6 Å². The number of phenols is 2. The number of carboxylic acids is 1. The van der Waals surface area contributed by atoms with Gasteiger partial charge in [-0.25, -0.2) is 4.79 Å². The lowest BCUT2D eigenvalue weighted by Crippen LogP contribution is -1.95. The van der Waals surface area contributed by atoms with Crippen molar-refractivity contribution >= 4 is 29.8 Å². The molecule has 3 aromatic rings. The largest absolute Gasteiger partial charge is 0.504 e. The number of carbonyl (C=O) groups is 1. The minimum absolute atomic E-state index is 0.0366. The molecule has 0 saturated heterocycles. The number of carboxylic acid groups (broad SMARTS) is 1. The van der Waals surface area contributed by atoms with Gasteiger partial charge in [-0.15, -0.1) is 0 Å². The Kier molecular flexibility index (Phi) is 7.64. The molecule has 0 amide bonds. The van der Waals surface area contributed by atoms with Gasteiger partial charge in [0.15, 0.2) is 23.0 Å². The number of para-hydroxylation sites is 2. The number of aliphatic imine (C=N–C) groups is 2. The summed E-state index contributed by atoms with van der Waals surface area (Å²) >= 11 is 0. The molecule has 0 atom stereocenters. The second-order valence-corrected chi connectivity index (χ2v) is 6.78. The maximum Gasteiger partial charge on any atom is 0.335 e. The van der Waals surface area contributed by atoms with E-state index in [2.05, 4.69) is 9.98 Å². The Hall–Kier alpha value is -4.33. The number of aromatic carboxylic acids is 1. The molecule has 0 saturated carbocycles. The minimum atomic E-state index is -1.11. The van der Waals surface area contributed by atoms with E-state index < -0.39 is 5.97 Å². The SMILES string of the molecule is CCOc1cccc(C=Nc2ccc(C(=O)O)cc2N=Cc2cccc(OCC)c2O)c1O. The van der Waals surface area contributed by atoms with Crippen LogP contribution in [0.15, 0.2) is 64.6 Å². The Morgan fingerprint density at radius 3 is 1.82 bits per heavy atom. The zero-order valence-corrected chi connectivity index (χ0v) is 18.2. The van der Waals surface area contributed by atoms with E-state index in [1.54, 1.807) is 36.4 Å². The molecule has 0 spiro atoms. The van der Waals surface area contributed by atoms with Crippen LogP contribution in [0.1, 0.15) is 35.3 Å². The standard InChI is InChI=1S/C25H24N2O6/c1-3-32-21-9-5-7-17(23(21)28)14-26-19-12-11-16(25(30)31)13-20(19)27-15-18-8-6-10-22(24(18)29)33-4-2/h5-15,28-29H,3-4H2,1-2H3,(H,30,31). The highest BCUT2D eigenvalue weighted by Crippen LogP contribution is 2.33. The van der Waals surface area contributed by atoms with Crippen LogP contribution in [0.4, 0.5) is 11.4 Å². The zero-order valence-electron chi connectivity index (χ0n) is 18.2. The minimum Gasteiger partial charge on any atom is -0.504 e. The average Bonchev–Trinajstić information content (AvgIpc) is 2.80. The maximum atomic E-state index is 11.4. The second kappa shape index (κ2) is 10.8. The third kappa shape index (κ3) is 5.68. The molecule has 0 radical (unpaired) electrons. The van der Waals surface area contributed by atoms with E-state index in [1.807, 2.05) is 13.8 Å². The summed E-state index contributed by atoms with van der Waals surface area (Å²) in [6.07, 6.45) is 2.85. The predicted molar refractivity (Wildman–Crippen MR) is 126 cm³/mol. The first-order valence-corrected chi connectivity index (χ1v) is 10.3. The van der Waals surface area contributed by atoms with Gasteiger partial charge < -0.3 is 24.8 Å². The molecule has 33 heavy (non-hydrogen) atoms. The molecule has 3 rings (SSSR count). The molecule has 0 fully saturated rings. The van der Waals surface area contributed by atoms with Crippen LogP contribution < -0.4 is 9.47 Å². The number of rotatable bonds is 9. The van der Waals surface area contributed by atoms with Crippen LogP contribution in [0.3, 0.4) is 0 Å². The molecule has 0 aromatic heterocycles. The smallest absolute Gasteiger partial charge is 0.335 e. The van der Waals surface area contributed by atoms with E-state index in [0.29, 0.717) is 41.5 Å². The Labute approximate surface area is 191 Å². The molecule has 0 aliphatic rings. The van der Waals surface area contributed by atoms with Gasteiger partial charge in [0.2, 0.25) is 0 Å². The van der Waals surface area contributed by atoms with Crippen molar-refractivity contribution < 1.29 is 29.6 Å². The molecular weight excluding hydrogens is 424 g/mol. The van der Waals surface area contributed by atoms with Gasteiger partial charge in [-0.2, -0.15) is 0 Å². The van der Waals surface area contributed by atoms with E-state index in [9.17, 15) is 20.1 Å². The summed E-state index contributed by atoms with van der Waals surface area (Å²) in [6.45, 7) is 4.42. The van der Waals surface area contributed by atoms with Crippen LogP contribution in [0.5, 0.6) is 23.0 Å². The molecule has 170 valence electrons. The number of hydrogen-bond donors (Lipinski definition) is 3. The zero-order chi connectivity index (χ0) is 23.8. The Balaban J connectivity index is 1.99. The highest BCUT2D eigenvalue weighted by atomic mass is 16.5. The third-order valence-electron chi connectivity index (χ3n) is 4.57. The summed E-state index contributed by atoms with van der Waals surface area (Å²) < 4.78 is 10.8. The van der Waals surface area contributed by atoms with Gasteiger partial charge in [0, 0.05) is 23.6 Å². The summed E-state index contributed by atoms with van der Waals surface area (Å²) in [5.74, 6) is -0.562. The van der Waals surface area contributed by atoms with Crippen molar-refractivity contribution in [3.63, 3.8) is 0 Å². The van der Waals surface area contributed by atoms with Gasteiger partial charge in [-0.3, -0.25) is 9.98 Å². The van der Waals surface area contributed by atoms with E-state index in [0.717, 1.165) is 0 Å². The lowest BCUT2D eigenvalue weighted by atomic mass is 10.1. The van der Waals surface area contributed by atoms with Crippen LogP contribution in [0.25, 0.3) is 0 Å². The summed E-state index contributed by atoms with van der Waals surface area (Å²) in [5, 5.41) is 30.1. The molecule has 8 heteroatoms. The fourth-order valence-electron chi connectivity index (χ4n) is 2.98. The first-order chi connectivity index (χ1) is 15.9. The van der Waals surface area contributed by atoms with Crippen LogP contribution in [-0.4, -0.2) is 46.9 Å². The fourth-order valence-corrected chi connectivity index (χ4v) is 2.98.